The van der Waals surface area contributed by atoms with Crippen molar-refractivity contribution in [3.8, 4) is 0 Å². The molecule has 0 saturated heterocycles. The predicted octanol–water partition coefficient (Wildman–Crippen LogP) is 2.51. The van der Waals surface area contributed by atoms with Gasteiger partial charge in [-0.1, -0.05) is 0 Å². The molecule has 0 aliphatic rings. The first-order valence-corrected chi connectivity index (χ1v) is 5.90. The summed E-state index contributed by atoms with van der Waals surface area (Å²) in [5.74, 6) is 0. The minimum atomic E-state index is -2.43. The number of alkyl halides is 2. The van der Waals surface area contributed by atoms with Crippen molar-refractivity contribution < 1.29 is 13.5 Å². The number of anilines is 2. The molecule has 19 heavy (non-hydrogen) atoms. The summed E-state index contributed by atoms with van der Waals surface area (Å²) < 4.78 is 28.5. The lowest BCUT2D eigenvalue weighted by molar-refractivity contribution is 0.0215. The summed E-state index contributed by atoms with van der Waals surface area (Å²) in [6, 6.07) is 5.47. The molecule has 0 aliphatic heterocycles. The Labute approximate surface area is 109 Å². The van der Waals surface area contributed by atoms with Crippen LogP contribution in [-0.4, -0.2) is 31.2 Å². The van der Waals surface area contributed by atoms with Crippen LogP contribution in [0.25, 0.3) is 10.8 Å². The zero-order chi connectivity index (χ0) is 13.7. The molecule has 0 aliphatic carbocycles. The van der Waals surface area contributed by atoms with E-state index in [0.717, 1.165) is 16.5 Å². The summed E-state index contributed by atoms with van der Waals surface area (Å²) >= 11 is 0. The number of nitrogens with one attached hydrogen (secondary N) is 1. The van der Waals surface area contributed by atoms with E-state index in [4.69, 9.17) is 10.5 Å². The minimum absolute atomic E-state index is 0.219. The van der Waals surface area contributed by atoms with Crippen molar-refractivity contribution in [1.29, 1.82) is 0 Å². The van der Waals surface area contributed by atoms with Crippen molar-refractivity contribution in [3.63, 3.8) is 0 Å². The van der Waals surface area contributed by atoms with Crippen LogP contribution in [0.15, 0.2) is 30.6 Å². The van der Waals surface area contributed by atoms with Gasteiger partial charge in [0, 0.05) is 41.1 Å². The monoisotopic (exact) mass is 267 g/mol. The van der Waals surface area contributed by atoms with Gasteiger partial charge in [0.05, 0.1) is 6.61 Å². The molecule has 0 spiro atoms. The Morgan fingerprint density at radius 1 is 1.26 bits per heavy atom. The number of hydrogen-bond acceptors (Lipinski definition) is 4. The maximum Gasteiger partial charge on any atom is 0.261 e. The highest BCUT2D eigenvalue weighted by atomic mass is 19.3. The molecule has 0 amide bonds. The molecule has 0 fully saturated rings. The third kappa shape index (κ3) is 3.51. The number of aromatic nitrogens is 1. The molecule has 102 valence electrons. The molecular weight excluding hydrogens is 252 g/mol. The zero-order valence-corrected chi connectivity index (χ0v) is 10.3. The number of rotatable bonds is 6. The zero-order valence-electron chi connectivity index (χ0n) is 10.3. The van der Waals surface area contributed by atoms with E-state index < -0.39 is 13.0 Å². The van der Waals surface area contributed by atoms with Crippen molar-refractivity contribution in [2.75, 3.05) is 30.8 Å². The molecule has 6 heteroatoms. The molecule has 0 radical (unpaired) electrons. The fourth-order valence-electron chi connectivity index (χ4n) is 1.80. The van der Waals surface area contributed by atoms with Crippen molar-refractivity contribution in [3.05, 3.63) is 30.6 Å². The highest BCUT2D eigenvalue weighted by Gasteiger charge is 2.04. The van der Waals surface area contributed by atoms with Crippen LogP contribution in [0.1, 0.15) is 0 Å². The van der Waals surface area contributed by atoms with Gasteiger partial charge in [0.2, 0.25) is 0 Å². The highest BCUT2D eigenvalue weighted by molar-refractivity contribution is 6.00. The van der Waals surface area contributed by atoms with E-state index in [2.05, 4.69) is 10.3 Å². The van der Waals surface area contributed by atoms with Crippen molar-refractivity contribution in [2.45, 2.75) is 6.43 Å². The summed E-state index contributed by atoms with van der Waals surface area (Å²) in [5.41, 5.74) is 7.41. The van der Waals surface area contributed by atoms with E-state index in [9.17, 15) is 8.78 Å². The van der Waals surface area contributed by atoms with E-state index in [-0.39, 0.29) is 6.61 Å². The van der Waals surface area contributed by atoms with Gasteiger partial charge in [-0.2, -0.15) is 0 Å². The molecule has 0 bridgehead atoms. The SMILES string of the molecule is Nc1ccc(NCCOCC(F)F)c2cnccc12. The Morgan fingerprint density at radius 3 is 2.89 bits per heavy atom. The van der Waals surface area contributed by atoms with Gasteiger partial charge < -0.3 is 15.8 Å². The minimum Gasteiger partial charge on any atom is -0.398 e. The summed E-state index contributed by atoms with van der Waals surface area (Å²) in [6.07, 6.45) is 0.962. The number of benzene rings is 1. The van der Waals surface area contributed by atoms with Crippen molar-refractivity contribution in [2.24, 2.45) is 0 Å². The van der Waals surface area contributed by atoms with E-state index in [1.807, 2.05) is 12.1 Å². The Morgan fingerprint density at radius 2 is 2.11 bits per heavy atom. The first-order valence-electron chi connectivity index (χ1n) is 5.90. The maximum absolute atomic E-state index is 11.9. The largest absolute Gasteiger partial charge is 0.398 e. The second-order valence-electron chi connectivity index (χ2n) is 4.02. The second-order valence-corrected chi connectivity index (χ2v) is 4.02. The molecule has 3 N–H and O–H groups in total. The number of pyridine rings is 1. The van der Waals surface area contributed by atoms with Crippen LogP contribution in [0.2, 0.25) is 0 Å². The quantitative estimate of drug-likeness (QED) is 0.623. The van der Waals surface area contributed by atoms with Crippen LogP contribution < -0.4 is 11.1 Å². The van der Waals surface area contributed by atoms with Gasteiger partial charge in [-0.25, -0.2) is 8.78 Å². The van der Waals surface area contributed by atoms with E-state index >= 15 is 0 Å². The van der Waals surface area contributed by atoms with Gasteiger partial charge in [0.1, 0.15) is 6.61 Å². The Kier molecular flexibility index (Phi) is 4.46. The lowest BCUT2D eigenvalue weighted by atomic mass is 10.1. The summed E-state index contributed by atoms with van der Waals surface area (Å²) in [5, 5.41) is 4.93. The molecule has 4 nitrogen and oxygen atoms in total. The van der Waals surface area contributed by atoms with Crippen LogP contribution in [0.4, 0.5) is 20.2 Å². The van der Waals surface area contributed by atoms with Crippen LogP contribution in [-0.2, 0) is 4.74 Å². The first-order chi connectivity index (χ1) is 9.18. The topological polar surface area (TPSA) is 60.2 Å². The van der Waals surface area contributed by atoms with Crippen LogP contribution >= 0.6 is 0 Å². The van der Waals surface area contributed by atoms with Crippen molar-refractivity contribution >= 4 is 22.1 Å². The lowest BCUT2D eigenvalue weighted by Crippen LogP contribution is -2.13. The molecule has 0 unspecified atom stereocenters. The van der Waals surface area contributed by atoms with Gasteiger partial charge in [-0.15, -0.1) is 0 Å². The van der Waals surface area contributed by atoms with Gasteiger partial charge in [0.15, 0.2) is 0 Å². The van der Waals surface area contributed by atoms with Gasteiger partial charge >= 0.3 is 0 Å². The van der Waals surface area contributed by atoms with E-state index in [1.54, 1.807) is 18.5 Å². The molecule has 1 aromatic heterocycles. The third-order valence-electron chi connectivity index (χ3n) is 2.66. The highest BCUT2D eigenvalue weighted by Crippen LogP contribution is 2.27. The van der Waals surface area contributed by atoms with Crippen molar-refractivity contribution in [1.82, 2.24) is 4.98 Å². The maximum atomic E-state index is 11.9. The lowest BCUT2D eigenvalue weighted by Gasteiger charge is -2.11. The fourth-order valence-corrected chi connectivity index (χ4v) is 1.80. The number of nitrogens with two attached hydrogens (primary N) is 1. The number of hydrogen-bond donors (Lipinski definition) is 2. The predicted molar refractivity (Wildman–Crippen MR) is 71.5 cm³/mol. The normalized spacial score (nSPS) is 11.1. The number of ether oxygens (including phenoxy) is 1. The molecule has 0 atom stereocenters. The number of halogens is 2. The Balaban J connectivity index is 1.99. The molecule has 2 aromatic rings. The molecular formula is C13H15F2N3O. The van der Waals surface area contributed by atoms with E-state index in [1.165, 1.54) is 0 Å². The third-order valence-corrected chi connectivity index (χ3v) is 2.66. The molecule has 0 saturated carbocycles. The Hall–Kier alpha value is -1.95. The fraction of sp³-hybridized carbons (Fsp3) is 0.308. The second kappa shape index (κ2) is 6.29. The van der Waals surface area contributed by atoms with Crippen LogP contribution in [0, 0.1) is 0 Å². The average molecular weight is 267 g/mol. The average Bonchev–Trinajstić information content (AvgIpc) is 2.41. The van der Waals surface area contributed by atoms with Gasteiger partial charge in [-0.3, -0.25) is 4.98 Å². The van der Waals surface area contributed by atoms with Gasteiger partial charge in [0.25, 0.3) is 6.43 Å². The summed E-state index contributed by atoms with van der Waals surface area (Å²) in [6.45, 7) is 0.128. The number of nitrogens with zero attached hydrogens (tertiary/aromatic N) is 1. The molecule has 1 aromatic carbocycles. The van der Waals surface area contributed by atoms with Crippen LogP contribution in [0.3, 0.4) is 0 Å². The Bertz CT molecular complexity index is 548. The molecule has 1 heterocycles. The number of fused-ring (bicyclic) bond motifs is 1. The van der Waals surface area contributed by atoms with Crippen LogP contribution in [0.5, 0.6) is 0 Å². The smallest absolute Gasteiger partial charge is 0.261 e. The first kappa shape index (κ1) is 13.5. The van der Waals surface area contributed by atoms with E-state index in [0.29, 0.717) is 12.2 Å². The standard InChI is InChI=1S/C13H15F2N3O/c14-13(15)8-19-6-5-18-12-2-1-11(16)9-3-4-17-7-10(9)12/h1-4,7,13,18H,5-6,8,16H2. The molecule has 2 rings (SSSR count). The summed E-state index contributed by atoms with van der Waals surface area (Å²) in [4.78, 5) is 4.06. The van der Waals surface area contributed by atoms with Gasteiger partial charge in [-0.05, 0) is 18.2 Å². The number of nitrogen functional groups attached to an aromatic ring is 1. The summed E-state index contributed by atoms with van der Waals surface area (Å²) in [7, 11) is 0.